The highest BCUT2D eigenvalue weighted by Gasteiger charge is 2.44. The van der Waals surface area contributed by atoms with Crippen molar-refractivity contribution >= 4 is 35.0 Å². The fourth-order valence-corrected chi connectivity index (χ4v) is 4.54. The molecule has 0 aromatic heterocycles. The summed E-state index contributed by atoms with van der Waals surface area (Å²) in [5.41, 5.74) is 2.74. The molecular weight excluding hydrogens is 399 g/mol. The number of nitrogens with one attached hydrogen (secondary N) is 1. The van der Waals surface area contributed by atoms with Crippen LogP contribution < -0.4 is 5.32 Å². The molecule has 0 unspecified atom stereocenters. The van der Waals surface area contributed by atoms with Gasteiger partial charge in [-0.15, -0.1) is 0 Å². The van der Waals surface area contributed by atoms with Crippen molar-refractivity contribution in [2.45, 2.75) is 32.2 Å². The van der Waals surface area contributed by atoms with Crippen molar-refractivity contribution in [2.24, 2.45) is 5.41 Å². The number of hydroxylamine groups is 2. The van der Waals surface area contributed by atoms with E-state index in [0.717, 1.165) is 30.4 Å². The number of rotatable bonds is 3. The van der Waals surface area contributed by atoms with Gasteiger partial charge < -0.3 is 5.32 Å². The number of benzene rings is 2. The van der Waals surface area contributed by atoms with Crippen LogP contribution in [0.5, 0.6) is 0 Å². The fourth-order valence-electron chi connectivity index (χ4n) is 4.16. The summed E-state index contributed by atoms with van der Waals surface area (Å²) in [5.74, 6) is -0.413. The Kier molecular flexibility index (Phi) is 5.08. The van der Waals surface area contributed by atoms with Crippen molar-refractivity contribution < 1.29 is 14.8 Å². The van der Waals surface area contributed by atoms with Crippen LogP contribution in [0.25, 0.3) is 0 Å². The Hall–Kier alpha value is -2.08. The summed E-state index contributed by atoms with van der Waals surface area (Å²) >= 11 is 12.1. The van der Waals surface area contributed by atoms with Gasteiger partial charge in [0, 0.05) is 22.2 Å². The lowest BCUT2D eigenvalue weighted by Crippen LogP contribution is -2.36. The van der Waals surface area contributed by atoms with Crippen molar-refractivity contribution in [2.75, 3.05) is 6.54 Å². The molecule has 2 aliphatic rings. The van der Waals surface area contributed by atoms with Gasteiger partial charge in [-0.2, -0.15) is 0 Å². The molecule has 1 spiro atoms. The van der Waals surface area contributed by atoms with E-state index in [2.05, 4.69) is 5.32 Å². The molecule has 146 valence electrons. The highest BCUT2D eigenvalue weighted by Crippen LogP contribution is 2.41. The second-order valence-corrected chi connectivity index (χ2v) is 8.39. The van der Waals surface area contributed by atoms with Gasteiger partial charge in [0.1, 0.15) is 0 Å². The Morgan fingerprint density at radius 3 is 2.71 bits per heavy atom. The lowest BCUT2D eigenvalue weighted by molar-refractivity contribution is -0.128. The molecule has 1 heterocycles. The maximum absolute atomic E-state index is 12.7. The molecule has 1 aliphatic carbocycles. The third-order valence-corrected chi connectivity index (χ3v) is 6.39. The van der Waals surface area contributed by atoms with Crippen LogP contribution in [-0.2, 0) is 24.2 Å². The second kappa shape index (κ2) is 7.39. The zero-order valence-corrected chi connectivity index (χ0v) is 16.7. The van der Waals surface area contributed by atoms with Crippen molar-refractivity contribution in [3.05, 3.63) is 68.7 Å². The summed E-state index contributed by atoms with van der Waals surface area (Å²) in [6.07, 6.45) is 3.10. The van der Waals surface area contributed by atoms with Crippen LogP contribution in [0.2, 0.25) is 10.0 Å². The zero-order chi connectivity index (χ0) is 19.9. The number of carbonyl (C=O) groups excluding carboxylic acids is 2. The number of carbonyl (C=O) groups is 2. The lowest BCUT2D eigenvalue weighted by Gasteiger charge is -2.32. The van der Waals surface area contributed by atoms with E-state index in [1.165, 1.54) is 0 Å². The second-order valence-electron chi connectivity index (χ2n) is 7.55. The molecule has 1 aliphatic heterocycles. The molecule has 7 heteroatoms. The highest BCUT2D eigenvalue weighted by atomic mass is 35.5. The molecule has 28 heavy (non-hydrogen) atoms. The number of hydrogen-bond donors (Lipinski definition) is 2. The Bertz CT molecular complexity index is 963. The normalized spacial score (nSPS) is 20.8. The Morgan fingerprint density at radius 2 is 1.96 bits per heavy atom. The van der Waals surface area contributed by atoms with Gasteiger partial charge in [-0.25, -0.2) is 5.06 Å². The third kappa shape index (κ3) is 3.50. The summed E-state index contributed by atoms with van der Waals surface area (Å²) < 4.78 is 0. The molecule has 2 N–H and O–H groups in total. The molecule has 2 amide bonds. The first-order valence-corrected chi connectivity index (χ1v) is 9.98. The third-order valence-electron chi connectivity index (χ3n) is 5.79. The number of amides is 2. The summed E-state index contributed by atoms with van der Waals surface area (Å²) in [6.45, 7) is 0.638. The maximum Gasteiger partial charge on any atom is 0.277 e. The average Bonchev–Trinajstić information content (AvgIpc) is 3.03. The SMILES string of the molecule is O=C(c1ccc2c(c1)C[C@@]1(CCNC1=O)CC2)N(O)Cc1cc(Cl)ccc1Cl. The van der Waals surface area contributed by atoms with Crippen molar-refractivity contribution in [3.63, 3.8) is 0 Å². The van der Waals surface area contributed by atoms with Crippen molar-refractivity contribution in [3.8, 4) is 0 Å². The number of hydrogen-bond acceptors (Lipinski definition) is 3. The van der Waals surface area contributed by atoms with Crippen LogP contribution in [0, 0.1) is 5.41 Å². The van der Waals surface area contributed by atoms with Gasteiger partial charge in [0.25, 0.3) is 5.91 Å². The zero-order valence-electron chi connectivity index (χ0n) is 15.2. The lowest BCUT2D eigenvalue weighted by atomic mass is 9.70. The summed E-state index contributed by atoms with van der Waals surface area (Å²) in [7, 11) is 0. The minimum Gasteiger partial charge on any atom is -0.356 e. The number of nitrogens with zero attached hydrogens (tertiary/aromatic N) is 1. The van der Waals surface area contributed by atoms with Gasteiger partial charge in [-0.05, 0) is 72.7 Å². The molecule has 1 atom stereocenters. The van der Waals surface area contributed by atoms with Crippen LogP contribution in [0.1, 0.15) is 39.9 Å². The smallest absolute Gasteiger partial charge is 0.277 e. The van der Waals surface area contributed by atoms with E-state index >= 15 is 0 Å². The van der Waals surface area contributed by atoms with E-state index in [0.29, 0.717) is 39.2 Å². The van der Waals surface area contributed by atoms with Gasteiger partial charge >= 0.3 is 0 Å². The summed E-state index contributed by atoms with van der Waals surface area (Å²) in [4.78, 5) is 25.0. The van der Waals surface area contributed by atoms with Gasteiger partial charge in [0.15, 0.2) is 0 Å². The summed E-state index contributed by atoms with van der Waals surface area (Å²) in [5, 5.41) is 14.8. The molecule has 0 radical (unpaired) electrons. The van der Waals surface area contributed by atoms with Crippen LogP contribution in [0.15, 0.2) is 36.4 Å². The maximum atomic E-state index is 12.7. The number of fused-ring (bicyclic) bond motifs is 1. The predicted octanol–water partition coefficient (Wildman–Crippen LogP) is 4.02. The molecule has 4 rings (SSSR count). The minimum atomic E-state index is -0.519. The largest absolute Gasteiger partial charge is 0.356 e. The Morgan fingerprint density at radius 1 is 1.14 bits per heavy atom. The standard InChI is InChI=1S/C21H20Cl2N2O3/c22-17-3-4-18(23)16(10-17)12-25(28)19(26)14-2-1-13-5-6-21(11-15(13)9-14)7-8-24-20(21)27/h1-4,9-10,28H,5-8,11-12H2,(H,24,27)/t21-/m0/s1. The first-order valence-electron chi connectivity index (χ1n) is 9.23. The Balaban J connectivity index is 1.55. The van der Waals surface area contributed by atoms with E-state index < -0.39 is 5.91 Å². The monoisotopic (exact) mass is 418 g/mol. The molecule has 1 fully saturated rings. The first-order chi connectivity index (χ1) is 13.4. The van der Waals surface area contributed by atoms with Crippen molar-refractivity contribution in [1.82, 2.24) is 10.4 Å². The topological polar surface area (TPSA) is 69.6 Å². The number of halogens is 2. The van der Waals surface area contributed by atoms with E-state index in [1.807, 2.05) is 6.07 Å². The van der Waals surface area contributed by atoms with Crippen LogP contribution in [-0.4, -0.2) is 28.6 Å². The van der Waals surface area contributed by atoms with Crippen LogP contribution >= 0.6 is 23.2 Å². The van der Waals surface area contributed by atoms with E-state index in [4.69, 9.17) is 23.2 Å². The Labute approximate surface area is 173 Å². The van der Waals surface area contributed by atoms with E-state index in [9.17, 15) is 14.8 Å². The molecule has 5 nitrogen and oxygen atoms in total. The molecule has 0 saturated carbocycles. The molecular formula is C21H20Cl2N2O3. The quantitative estimate of drug-likeness (QED) is 0.583. The van der Waals surface area contributed by atoms with Gasteiger partial charge in [-0.1, -0.05) is 29.3 Å². The average molecular weight is 419 g/mol. The number of aryl methyl sites for hydroxylation is 1. The minimum absolute atomic E-state index is 0.0678. The first kappa shape index (κ1) is 19.2. The van der Waals surface area contributed by atoms with Gasteiger partial charge in [0.05, 0.1) is 12.0 Å². The molecule has 2 aromatic rings. The van der Waals surface area contributed by atoms with Crippen LogP contribution in [0.4, 0.5) is 0 Å². The summed E-state index contributed by atoms with van der Waals surface area (Å²) in [6, 6.07) is 10.3. The molecule has 0 bridgehead atoms. The van der Waals surface area contributed by atoms with E-state index in [-0.39, 0.29) is 17.9 Å². The van der Waals surface area contributed by atoms with Crippen molar-refractivity contribution in [1.29, 1.82) is 0 Å². The van der Waals surface area contributed by atoms with E-state index in [1.54, 1.807) is 30.3 Å². The van der Waals surface area contributed by atoms with Gasteiger partial charge in [0.2, 0.25) is 5.91 Å². The van der Waals surface area contributed by atoms with Crippen LogP contribution in [0.3, 0.4) is 0 Å². The molecule has 2 aromatic carbocycles. The predicted molar refractivity (Wildman–Crippen MR) is 107 cm³/mol. The fraction of sp³-hybridized carbons (Fsp3) is 0.333. The van der Waals surface area contributed by atoms with Gasteiger partial charge in [-0.3, -0.25) is 14.8 Å². The highest BCUT2D eigenvalue weighted by molar-refractivity contribution is 6.33. The molecule has 1 saturated heterocycles.